The molecule has 0 unspecified atom stereocenters. The number of rotatable bonds is 2. The van der Waals surface area contributed by atoms with Crippen molar-refractivity contribution in [3.05, 3.63) is 49.4 Å². The molecule has 1 aromatic rings. The van der Waals surface area contributed by atoms with Gasteiger partial charge in [-0.3, -0.25) is 0 Å². The predicted molar refractivity (Wildman–Crippen MR) is 45.5 cm³/mol. The van der Waals surface area contributed by atoms with Crippen molar-refractivity contribution in [2.24, 2.45) is 0 Å². The van der Waals surface area contributed by atoms with Crippen LogP contribution in [-0.2, 0) is 19.5 Å². The van der Waals surface area contributed by atoms with Crippen LogP contribution < -0.4 is 0 Å². The average molecular weight is 232 g/mol. The fourth-order valence-corrected chi connectivity index (χ4v) is 0.818. The Morgan fingerprint density at radius 1 is 1.27 bits per heavy atom. The Kier molecular flexibility index (Phi) is 5.06. The molecule has 0 aliphatic carbocycles. The van der Waals surface area contributed by atoms with E-state index in [-0.39, 0.29) is 19.5 Å². The van der Waals surface area contributed by atoms with E-state index in [1.807, 2.05) is 30.3 Å². The normalized spacial score (nSPS) is 8.45. The molecule has 0 fully saturated rings. The molecule has 0 nitrogen and oxygen atoms in total. The number of allylic oxidation sites excluding steroid dienone is 1. The van der Waals surface area contributed by atoms with E-state index in [1.54, 1.807) is 0 Å². The van der Waals surface area contributed by atoms with Crippen LogP contribution in [0.3, 0.4) is 0 Å². The molecule has 0 saturated carbocycles. The molecule has 59 valence electrons. The van der Waals surface area contributed by atoms with Gasteiger partial charge in [-0.05, 0) is 5.56 Å². The summed E-state index contributed by atoms with van der Waals surface area (Å²) in [4.78, 5) is 0. The van der Waals surface area contributed by atoms with Crippen molar-refractivity contribution in [3.63, 3.8) is 0 Å². The van der Waals surface area contributed by atoms with Crippen molar-refractivity contribution in [3.8, 4) is 0 Å². The molecule has 0 spiro atoms. The van der Waals surface area contributed by atoms with Crippen molar-refractivity contribution in [2.75, 3.05) is 0 Å². The third-order valence-corrected chi connectivity index (χ3v) is 1.48. The van der Waals surface area contributed by atoms with Gasteiger partial charge in [-0.15, -0.1) is 0 Å². The Balaban J connectivity index is 0.000001000. The Labute approximate surface area is 81.1 Å². The number of benzene rings is 1. The van der Waals surface area contributed by atoms with Crippen LogP contribution in [0.25, 0.3) is 5.57 Å². The first-order valence-electron chi connectivity index (χ1n) is 3.37. The van der Waals surface area contributed by atoms with Crippen LogP contribution in [0.2, 0.25) is 0 Å². The molecule has 0 aliphatic rings. The van der Waals surface area contributed by atoms with E-state index in [0.717, 1.165) is 12.0 Å². The van der Waals surface area contributed by atoms with Gasteiger partial charge >= 0.3 is 19.5 Å². The van der Waals surface area contributed by atoms with Crippen LogP contribution in [0.15, 0.2) is 36.9 Å². The van der Waals surface area contributed by atoms with E-state index in [1.165, 1.54) is 5.56 Å². The first kappa shape index (κ1) is 10.6. The first-order chi connectivity index (χ1) is 4.84. The molecule has 0 N–H and O–H groups in total. The summed E-state index contributed by atoms with van der Waals surface area (Å²) in [5, 5.41) is 0. The number of hydrogen-bond acceptors (Lipinski definition) is 0. The summed E-state index contributed by atoms with van der Waals surface area (Å²) in [5.74, 6) is 0. The van der Waals surface area contributed by atoms with Gasteiger partial charge < -0.3 is 6.92 Å². The molecular weight excluding hydrogens is 221 g/mol. The fourth-order valence-electron chi connectivity index (χ4n) is 0.818. The van der Waals surface area contributed by atoms with E-state index in [9.17, 15) is 0 Å². The Morgan fingerprint density at radius 2 is 1.82 bits per heavy atom. The van der Waals surface area contributed by atoms with Gasteiger partial charge in [0.1, 0.15) is 0 Å². The maximum Gasteiger partial charge on any atom is 1.00 e. The Hall–Kier alpha value is -0.417. The van der Waals surface area contributed by atoms with Crippen LogP contribution in [0.4, 0.5) is 0 Å². The predicted octanol–water partition coefficient (Wildman–Crippen LogP) is 2.92. The van der Waals surface area contributed by atoms with Crippen LogP contribution in [0.1, 0.15) is 12.0 Å². The summed E-state index contributed by atoms with van der Waals surface area (Å²) in [7, 11) is 0. The Morgan fingerprint density at radius 3 is 2.27 bits per heavy atom. The van der Waals surface area contributed by atoms with Gasteiger partial charge in [0.15, 0.2) is 0 Å². The van der Waals surface area contributed by atoms with Gasteiger partial charge in [0.05, 0.1) is 0 Å². The molecule has 1 rings (SSSR count). The third-order valence-electron chi connectivity index (χ3n) is 1.48. The zero-order chi connectivity index (χ0) is 7.40. The van der Waals surface area contributed by atoms with Gasteiger partial charge in [0.25, 0.3) is 0 Å². The van der Waals surface area contributed by atoms with Crippen molar-refractivity contribution < 1.29 is 19.5 Å². The standard InChI is InChI=1S/C10H11.Ru/c1-3-9(2)10-7-5-4-6-8-10;/h4-8H,1-3H2;/q-1;+1. The average Bonchev–Trinajstić information content (AvgIpc) is 2.05. The van der Waals surface area contributed by atoms with Gasteiger partial charge in [0, 0.05) is 0 Å². The zero-order valence-electron chi connectivity index (χ0n) is 6.36. The van der Waals surface area contributed by atoms with Gasteiger partial charge in [-0.25, -0.2) is 0 Å². The zero-order valence-corrected chi connectivity index (χ0v) is 8.10. The molecule has 0 aromatic heterocycles. The maximum absolute atomic E-state index is 3.88. The minimum absolute atomic E-state index is 0. The third kappa shape index (κ3) is 2.99. The molecule has 0 amide bonds. The van der Waals surface area contributed by atoms with Gasteiger partial charge in [0.2, 0.25) is 0 Å². The second-order valence-electron chi connectivity index (χ2n) is 2.22. The van der Waals surface area contributed by atoms with E-state index >= 15 is 0 Å². The van der Waals surface area contributed by atoms with Crippen LogP contribution >= 0.6 is 0 Å². The summed E-state index contributed by atoms with van der Waals surface area (Å²) >= 11 is 0. The topological polar surface area (TPSA) is 0 Å². The summed E-state index contributed by atoms with van der Waals surface area (Å²) in [5.41, 5.74) is 2.29. The minimum atomic E-state index is 0. The van der Waals surface area contributed by atoms with E-state index in [2.05, 4.69) is 13.5 Å². The Bertz CT molecular complexity index is 214. The van der Waals surface area contributed by atoms with Crippen molar-refractivity contribution in [2.45, 2.75) is 6.42 Å². The van der Waals surface area contributed by atoms with Crippen molar-refractivity contribution >= 4 is 5.57 Å². The summed E-state index contributed by atoms with van der Waals surface area (Å²) in [6.45, 7) is 7.64. The molecule has 1 heteroatoms. The molecule has 11 heavy (non-hydrogen) atoms. The van der Waals surface area contributed by atoms with Crippen molar-refractivity contribution in [1.82, 2.24) is 0 Å². The molecule has 0 saturated heterocycles. The maximum atomic E-state index is 3.88. The van der Waals surface area contributed by atoms with E-state index in [4.69, 9.17) is 0 Å². The van der Waals surface area contributed by atoms with Crippen LogP contribution in [0, 0.1) is 6.92 Å². The summed E-state index contributed by atoms with van der Waals surface area (Å²) in [6.07, 6.45) is 0.782. The molecular formula is C10H11Ru. The van der Waals surface area contributed by atoms with E-state index < -0.39 is 0 Å². The van der Waals surface area contributed by atoms with Gasteiger partial charge in [-0.1, -0.05) is 42.5 Å². The molecule has 1 aromatic carbocycles. The molecule has 0 atom stereocenters. The molecule has 0 aliphatic heterocycles. The molecule has 0 bridgehead atoms. The second kappa shape index (κ2) is 5.26. The smallest absolute Gasteiger partial charge is 0.339 e. The number of hydrogen-bond donors (Lipinski definition) is 0. The molecule has 0 heterocycles. The van der Waals surface area contributed by atoms with Gasteiger partial charge in [-0.2, -0.15) is 6.42 Å². The van der Waals surface area contributed by atoms with Crippen LogP contribution in [0.5, 0.6) is 0 Å². The quantitative estimate of drug-likeness (QED) is 0.543. The summed E-state index contributed by atoms with van der Waals surface area (Å²) < 4.78 is 0. The minimum Gasteiger partial charge on any atom is -0.339 e. The first-order valence-corrected chi connectivity index (χ1v) is 3.37. The summed E-state index contributed by atoms with van der Waals surface area (Å²) in [6, 6.07) is 10.1. The van der Waals surface area contributed by atoms with E-state index in [0.29, 0.717) is 0 Å². The van der Waals surface area contributed by atoms with Crippen LogP contribution in [-0.4, -0.2) is 0 Å². The monoisotopic (exact) mass is 233 g/mol. The SMILES string of the molecule is C=C(C[CH2-])c1ccccc1.[Ru+]. The van der Waals surface area contributed by atoms with Crippen molar-refractivity contribution in [1.29, 1.82) is 0 Å². The second-order valence-corrected chi connectivity index (χ2v) is 2.22. The largest absolute Gasteiger partial charge is 1.00 e. The molecule has 1 radical (unpaired) electrons. The fraction of sp³-hybridized carbons (Fsp3) is 0.100.